The Hall–Kier alpha value is -1.11. The highest BCUT2D eigenvalue weighted by atomic mass is 32.2. The van der Waals surface area contributed by atoms with E-state index >= 15 is 0 Å². The Morgan fingerprint density at radius 3 is 2.36 bits per heavy atom. The Kier molecular flexibility index (Phi) is 6.36. The largest absolute Gasteiger partial charge is 0.490 e. The quantitative estimate of drug-likeness (QED) is 0.740. The van der Waals surface area contributed by atoms with Gasteiger partial charge < -0.3 is 4.74 Å². The number of piperazine rings is 1. The van der Waals surface area contributed by atoms with Crippen LogP contribution in [0.3, 0.4) is 0 Å². The fraction of sp³-hybridized carbons (Fsp3) is 0.684. The van der Waals surface area contributed by atoms with Gasteiger partial charge in [0.25, 0.3) is 0 Å². The van der Waals surface area contributed by atoms with Crippen LogP contribution < -0.4 is 4.74 Å². The molecule has 0 atom stereocenters. The van der Waals surface area contributed by atoms with Gasteiger partial charge in [0, 0.05) is 51.1 Å². The molecule has 5 nitrogen and oxygen atoms in total. The normalized spacial score (nSPS) is 20.8. The van der Waals surface area contributed by atoms with Gasteiger partial charge in [0.15, 0.2) is 0 Å². The van der Waals surface area contributed by atoms with Crippen LogP contribution in [0.2, 0.25) is 0 Å². The SMILES string of the molecule is CS(=O)(=O)CCN1CCN(Cc2ccccc2OC2CCCC2)CC1. The molecule has 0 aromatic heterocycles. The molecule has 1 aromatic carbocycles. The van der Waals surface area contributed by atoms with Gasteiger partial charge in [-0.1, -0.05) is 18.2 Å². The third kappa shape index (κ3) is 5.97. The monoisotopic (exact) mass is 366 g/mol. The fourth-order valence-corrected chi connectivity index (χ4v) is 4.23. The van der Waals surface area contributed by atoms with E-state index in [1.54, 1.807) is 0 Å². The van der Waals surface area contributed by atoms with Gasteiger partial charge in [-0.25, -0.2) is 8.42 Å². The molecule has 2 fully saturated rings. The van der Waals surface area contributed by atoms with Crippen LogP contribution in [0.25, 0.3) is 0 Å². The van der Waals surface area contributed by atoms with Gasteiger partial charge in [-0.15, -0.1) is 0 Å². The zero-order valence-corrected chi connectivity index (χ0v) is 16.0. The number of hydrogen-bond donors (Lipinski definition) is 0. The summed E-state index contributed by atoms with van der Waals surface area (Å²) in [5, 5.41) is 0. The maximum Gasteiger partial charge on any atom is 0.148 e. The number of benzene rings is 1. The molecule has 140 valence electrons. The summed E-state index contributed by atoms with van der Waals surface area (Å²) >= 11 is 0. The summed E-state index contributed by atoms with van der Waals surface area (Å²) in [4.78, 5) is 4.69. The van der Waals surface area contributed by atoms with E-state index in [1.807, 2.05) is 0 Å². The van der Waals surface area contributed by atoms with Gasteiger partial charge >= 0.3 is 0 Å². The summed E-state index contributed by atoms with van der Waals surface area (Å²) in [5.41, 5.74) is 1.26. The van der Waals surface area contributed by atoms with Crippen LogP contribution in [0.5, 0.6) is 5.75 Å². The molecule has 0 N–H and O–H groups in total. The standard InChI is InChI=1S/C19H30N2O3S/c1-25(22,23)15-14-20-10-12-21(13-11-20)16-17-6-2-5-9-19(17)24-18-7-3-4-8-18/h2,5-6,9,18H,3-4,7-8,10-16H2,1H3. The smallest absolute Gasteiger partial charge is 0.148 e. The zero-order chi connectivity index (χ0) is 17.7. The van der Waals surface area contributed by atoms with Crippen molar-refractivity contribution in [3.8, 4) is 5.75 Å². The van der Waals surface area contributed by atoms with Gasteiger partial charge in [-0.05, 0) is 31.7 Å². The molecule has 3 rings (SSSR count). The first-order valence-corrected chi connectivity index (χ1v) is 11.4. The summed E-state index contributed by atoms with van der Waals surface area (Å²) in [5.74, 6) is 1.29. The van der Waals surface area contributed by atoms with Crippen LogP contribution in [0.15, 0.2) is 24.3 Å². The molecule has 1 saturated heterocycles. The Morgan fingerprint density at radius 2 is 1.68 bits per heavy atom. The Labute approximate surface area is 151 Å². The molecular weight excluding hydrogens is 336 g/mol. The van der Waals surface area contributed by atoms with Crippen molar-refractivity contribution in [2.45, 2.75) is 38.3 Å². The van der Waals surface area contributed by atoms with Crippen molar-refractivity contribution in [2.24, 2.45) is 0 Å². The molecule has 2 aliphatic rings. The Bertz CT molecular complexity index is 648. The van der Waals surface area contributed by atoms with Crippen LogP contribution in [0, 0.1) is 0 Å². The summed E-state index contributed by atoms with van der Waals surface area (Å²) in [6.07, 6.45) is 6.60. The van der Waals surface area contributed by atoms with Gasteiger partial charge in [0.05, 0.1) is 11.9 Å². The van der Waals surface area contributed by atoms with E-state index < -0.39 is 9.84 Å². The van der Waals surface area contributed by atoms with Crippen LogP contribution in [0.4, 0.5) is 0 Å². The molecule has 0 radical (unpaired) electrons. The van der Waals surface area contributed by atoms with E-state index in [-0.39, 0.29) is 5.75 Å². The number of nitrogens with zero attached hydrogens (tertiary/aromatic N) is 2. The molecule has 1 saturated carbocycles. The lowest BCUT2D eigenvalue weighted by Gasteiger charge is -2.34. The minimum Gasteiger partial charge on any atom is -0.490 e. The van der Waals surface area contributed by atoms with Crippen molar-refractivity contribution in [3.05, 3.63) is 29.8 Å². The fourth-order valence-electron chi connectivity index (χ4n) is 3.64. The van der Waals surface area contributed by atoms with Crippen LogP contribution >= 0.6 is 0 Å². The maximum atomic E-state index is 11.3. The molecule has 0 unspecified atom stereocenters. The number of para-hydroxylation sites is 1. The molecule has 1 aromatic rings. The highest BCUT2D eigenvalue weighted by Gasteiger charge is 2.21. The lowest BCUT2D eigenvalue weighted by atomic mass is 10.1. The summed E-state index contributed by atoms with van der Waals surface area (Å²) < 4.78 is 28.9. The van der Waals surface area contributed by atoms with Crippen LogP contribution in [-0.4, -0.2) is 69.1 Å². The minimum absolute atomic E-state index is 0.255. The van der Waals surface area contributed by atoms with Crippen LogP contribution in [0.1, 0.15) is 31.2 Å². The van der Waals surface area contributed by atoms with E-state index in [2.05, 4.69) is 34.1 Å². The molecule has 0 spiro atoms. The number of rotatable bonds is 7. The first kappa shape index (κ1) is 18.7. The van der Waals surface area contributed by atoms with Crippen molar-refractivity contribution >= 4 is 9.84 Å². The molecule has 25 heavy (non-hydrogen) atoms. The van der Waals surface area contributed by atoms with E-state index in [0.717, 1.165) is 38.5 Å². The average Bonchev–Trinajstić information content (AvgIpc) is 3.08. The molecular formula is C19H30N2O3S. The van der Waals surface area contributed by atoms with E-state index in [9.17, 15) is 8.42 Å². The van der Waals surface area contributed by atoms with Crippen LogP contribution in [-0.2, 0) is 16.4 Å². The Balaban J connectivity index is 1.50. The topological polar surface area (TPSA) is 49.9 Å². The van der Waals surface area contributed by atoms with Gasteiger partial charge in [0.2, 0.25) is 0 Å². The number of hydrogen-bond acceptors (Lipinski definition) is 5. The predicted molar refractivity (Wildman–Crippen MR) is 101 cm³/mol. The van der Waals surface area contributed by atoms with Gasteiger partial charge in [0.1, 0.15) is 15.6 Å². The summed E-state index contributed by atoms with van der Waals surface area (Å²) in [6, 6.07) is 8.40. The van der Waals surface area contributed by atoms with Crippen molar-refractivity contribution in [2.75, 3.05) is 44.7 Å². The van der Waals surface area contributed by atoms with E-state index in [4.69, 9.17) is 4.74 Å². The molecule has 1 aliphatic heterocycles. The molecule has 0 amide bonds. The van der Waals surface area contributed by atoms with E-state index in [0.29, 0.717) is 12.6 Å². The molecule has 1 heterocycles. The predicted octanol–water partition coefficient (Wildman–Crippen LogP) is 2.17. The first-order chi connectivity index (χ1) is 12.0. The van der Waals surface area contributed by atoms with E-state index in [1.165, 1.54) is 37.5 Å². The second-order valence-electron chi connectivity index (χ2n) is 7.38. The van der Waals surface area contributed by atoms with Gasteiger partial charge in [-0.3, -0.25) is 9.80 Å². The molecule has 6 heteroatoms. The van der Waals surface area contributed by atoms with Crippen molar-refractivity contribution in [3.63, 3.8) is 0 Å². The van der Waals surface area contributed by atoms with Crippen molar-refractivity contribution in [1.82, 2.24) is 9.80 Å². The minimum atomic E-state index is -2.87. The average molecular weight is 367 g/mol. The summed E-state index contributed by atoms with van der Waals surface area (Å²) in [6.45, 7) is 5.36. The van der Waals surface area contributed by atoms with Gasteiger partial charge in [-0.2, -0.15) is 0 Å². The first-order valence-electron chi connectivity index (χ1n) is 9.36. The second kappa shape index (κ2) is 8.52. The lowest BCUT2D eigenvalue weighted by molar-refractivity contribution is 0.129. The second-order valence-corrected chi connectivity index (χ2v) is 9.64. The number of ether oxygens (including phenoxy) is 1. The molecule has 0 bridgehead atoms. The maximum absolute atomic E-state index is 11.3. The molecule has 1 aliphatic carbocycles. The Morgan fingerprint density at radius 1 is 1.04 bits per heavy atom. The third-order valence-electron chi connectivity index (χ3n) is 5.21. The van der Waals surface area contributed by atoms with Crippen molar-refractivity contribution in [1.29, 1.82) is 0 Å². The highest BCUT2D eigenvalue weighted by molar-refractivity contribution is 7.90. The van der Waals surface area contributed by atoms with Crippen molar-refractivity contribution < 1.29 is 13.2 Å². The highest BCUT2D eigenvalue weighted by Crippen LogP contribution is 2.27. The third-order valence-corrected chi connectivity index (χ3v) is 6.13. The number of sulfone groups is 1. The summed E-state index contributed by atoms with van der Waals surface area (Å²) in [7, 11) is -2.87. The zero-order valence-electron chi connectivity index (χ0n) is 15.2. The lowest BCUT2D eigenvalue weighted by Crippen LogP contribution is -2.47.